The number of aryl methyl sites for hydroxylation is 1. The van der Waals surface area contributed by atoms with E-state index in [9.17, 15) is 18.7 Å². The van der Waals surface area contributed by atoms with E-state index in [2.05, 4.69) is 20.6 Å². The van der Waals surface area contributed by atoms with E-state index in [0.717, 1.165) is 0 Å². The fourth-order valence-corrected chi connectivity index (χ4v) is 5.27. The molecule has 9 nitrogen and oxygen atoms in total. The van der Waals surface area contributed by atoms with Crippen LogP contribution in [0.4, 0.5) is 31.9 Å². The molecule has 0 bridgehead atoms. The lowest BCUT2D eigenvalue weighted by Crippen LogP contribution is -2.44. The van der Waals surface area contributed by atoms with Crippen LogP contribution in [-0.2, 0) is 7.05 Å². The highest BCUT2D eigenvalue weighted by Gasteiger charge is 2.51. The first-order valence-corrected chi connectivity index (χ1v) is 12.6. The molecule has 6 rings (SSSR count). The second-order valence-electron chi connectivity index (χ2n) is 10.5. The second-order valence-corrected chi connectivity index (χ2v) is 10.9. The predicted molar refractivity (Wildman–Crippen MR) is 138 cm³/mol. The maximum atomic E-state index is 14.9. The van der Waals surface area contributed by atoms with Crippen molar-refractivity contribution in [3.8, 4) is 5.75 Å². The Hall–Kier alpha value is -3.18. The minimum absolute atomic E-state index is 0.113. The van der Waals surface area contributed by atoms with Gasteiger partial charge >= 0.3 is 5.92 Å². The van der Waals surface area contributed by atoms with Crippen molar-refractivity contribution in [3.05, 3.63) is 39.8 Å². The van der Waals surface area contributed by atoms with E-state index in [-0.39, 0.29) is 17.4 Å². The first-order chi connectivity index (χ1) is 17.5. The number of pyridine rings is 1. The van der Waals surface area contributed by atoms with E-state index in [4.69, 9.17) is 16.3 Å². The maximum absolute atomic E-state index is 14.9. The summed E-state index contributed by atoms with van der Waals surface area (Å²) in [5.41, 5.74) is 0.137. The molecule has 3 N–H and O–H groups in total. The SMILES string of the molecule is Cn1c(=O)c2c(c3cc(Nc4nc(N5CCC(C)(O)C5)ncc4Cl)ccc31)N[C@@H](C1CC1)C(F)(F)CO2. The number of aromatic nitrogens is 3. The van der Waals surface area contributed by atoms with Gasteiger partial charge in [-0.3, -0.25) is 4.79 Å². The Morgan fingerprint density at radius 3 is 2.81 bits per heavy atom. The monoisotopic (exact) mass is 532 g/mol. The summed E-state index contributed by atoms with van der Waals surface area (Å²) in [5, 5.41) is 17.3. The topological polar surface area (TPSA) is 105 Å². The van der Waals surface area contributed by atoms with E-state index in [1.807, 2.05) is 4.90 Å². The number of nitrogens with one attached hydrogen (secondary N) is 2. The molecule has 0 amide bonds. The summed E-state index contributed by atoms with van der Waals surface area (Å²) in [6, 6.07) is 4.15. The van der Waals surface area contributed by atoms with Gasteiger partial charge in [-0.15, -0.1) is 0 Å². The molecule has 37 heavy (non-hydrogen) atoms. The maximum Gasteiger partial charge on any atom is 0.301 e. The average Bonchev–Trinajstić information content (AvgIpc) is 3.63. The lowest BCUT2D eigenvalue weighted by atomic mass is 10.0. The van der Waals surface area contributed by atoms with Crippen molar-refractivity contribution in [1.29, 1.82) is 0 Å². The van der Waals surface area contributed by atoms with Crippen LogP contribution < -0.4 is 25.8 Å². The number of anilines is 4. The zero-order chi connectivity index (χ0) is 26.1. The van der Waals surface area contributed by atoms with Crippen molar-refractivity contribution in [2.75, 3.05) is 35.2 Å². The molecule has 1 unspecified atom stereocenters. The summed E-state index contributed by atoms with van der Waals surface area (Å²) in [6.07, 6.45) is 3.51. The molecule has 0 radical (unpaired) electrons. The summed E-state index contributed by atoms with van der Waals surface area (Å²) in [6.45, 7) is 1.94. The molecule has 3 aliphatic rings. The van der Waals surface area contributed by atoms with Gasteiger partial charge in [0.15, 0.2) is 12.4 Å². The van der Waals surface area contributed by atoms with Gasteiger partial charge in [-0.05, 0) is 50.3 Å². The molecule has 1 aromatic carbocycles. The summed E-state index contributed by atoms with van der Waals surface area (Å²) in [7, 11) is 1.58. The van der Waals surface area contributed by atoms with Gasteiger partial charge in [-0.2, -0.15) is 4.98 Å². The molecule has 1 saturated heterocycles. The number of aliphatic hydroxyl groups is 1. The van der Waals surface area contributed by atoms with Gasteiger partial charge in [-0.25, -0.2) is 13.8 Å². The number of alkyl halides is 2. The number of β-amino-alcohol motifs (C(OH)–C–C–N with tert-alkyl or cyclic N) is 1. The number of benzene rings is 1. The van der Waals surface area contributed by atoms with Gasteiger partial charge in [0.2, 0.25) is 11.7 Å². The highest BCUT2D eigenvalue weighted by atomic mass is 35.5. The Morgan fingerprint density at radius 2 is 2.11 bits per heavy atom. The Labute approximate surface area is 216 Å². The van der Waals surface area contributed by atoms with Crippen LogP contribution in [0, 0.1) is 5.92 Å². The van der Waals surface area contributed by atoms with Crippen molar-refractivity contribution in [1.82, 2.24) is 14.5 Å². The summed E-state index contributed by atoms with van der Waals surface area (Å²) >= 11 is 6.39. The molecule has 1 aliphatic carbocycles. The van der Waals surface area contributed by atoms with Crippen molar-refractivity contribution < 1.29 is 18.6 Å². The van der Waals surface area contributed by atoms with Crippen molar-refractivity contribution in [2.24, 2.45) is 13.0 Å². The zero-order valence-corrected chi connectivity index (χ0v) is 21.1. The zero-order valence-electron chi connectivity index (χ0n) is 20.4. The van der Waals surface area contributed by atoms with Crippen molar-refractivity contribution >= 4 is 45.6 Å². The standard InChI is InChI=1S/C25H27ClF2N6O3/c1-24(36)7-8-34(11-24)23-29-10-16(26)21(32-23)30-14-5-6-17-15(9-14)18-19(22(35)33(17)2)37-12-25(27,28)20(31-18)13-3-4-13/h5-6,9-10,13,20,31,36H,3-4,7-8,11-12H2,1-2H3,(H,29,30,32)/t20-,24?/m0/s1. The summed E-state index contributed by atoms with van der Waals surface area (Å²) in [5.74, 6) is -2.60. The predicted octanol–water partition coefficient (Wildman–Crippen LogP) is 3.90. The third kappa shape index (κ3) is 4.33. The summed E-state index contributed by atoms with van der Waals surface area (Å²) in [4.78, 5) is 23.7. The quantitative estimate of drug-likeness (QED) is 0.465. The fourth-order valence-electron chi connectivity index (χ4n) is 5.14. The molecule has 2 aliphatic heterocycles. The Morgan fingerprint density at radius 1 is 1.32 bits per heavy atom. The molecule has 2 atom stereocenters. The number of fused-ring (bicyclic) bond motifs is 3. The van der Waals surface area contributed by atoms with Crippen molar-refractivity contribution in [3.63, 3.8) is 0 Å². The molecular weight excluding hydrogens is 506 g/mol. The van der Waals surface area contributed by atoms with E-state index in [1.165, 1.54) is 10.8 Å². The molecule has 2 fully saturated rings. The Balaban J connectivity index is 1.39. The number of hydrogen-bond donors (Lipinski definition) is 3. The number of hydrogen-bond acceptors (Lipinski definition) is 8. The third-order valence-electron chi connectivity index (χ3n) is 7.34. The van der Waals surface area contributed by atoms with Gasteiger partial charge in [0.1, 0.15) is 5.02 Å². The van der Waals surface area contributed by atoms with Gasteiger partial charge in [0.05, 0.1) is 29.0 Å². The highest BCUT2D eigenvalue weighted by molar-refractivity contribution is 6.32. The van der Waals surface area contributed by atoms with Crippen LogP contribution in [0.5, 0.6) is 5.75 Å². The molecular formula is C25H27ClF2N6O3. The molecule has 12 heteroatoms. The van der Waals surface area contributed by atoms with Gasteiger partial charge < -0.3 is 29.9 Å². The minimum atomic E-state index is -3.11. The fraction of sp³-hybridized carbons (Fsp3) is 0.480. The van der Waals surface area contributed by atoms with Crippen LogP contribution in [0.3, 0.4) is 0 Å². The van der Waals surface area contributed by atoms with Crippen LogP contribution in [0.1, 0.15) is 26.2 Å². The average molecular weight is 533 g/mol. The van der Waals surface area contributed by atoms with E-state index in [1.54, 1.807) is 32.2 Å². The largest absolute Gasteiger partial charge is 0.480 e. The molecule has 0 spiro atoms. The number of nitrogens with zero attached hydrogens (tertiary/aromatic N) is 4. The lowest BCUT2D eigenvalue weighted by molar-refractivity contribution is -0.0579. The first kappa shape index (κ1) is 24.2. The Kier molecular flexibility index (Phi) is 5.50. The summed E-state index contributed by atoms with van der Waals surface area (Å²) < 4.78 is 36.6. The van der Waals surface area contributed by atoms with Gasteiger partial charge in [0, 0.05) is 31.2 Å². The van der Waals surface area contributed by atoms with Crippen LogP contribution in [0.25, 0.3) is 10.9 Å². The van der Waals surface area contributed by atoms with Crippen LogP contribution in [-0.4, -0.2) is 56.9 Å². The number of halogens is 3. The van der Waals surface area contributed by atoms with Crippen LogP contribution in [0.2, 0.25) is 5.02 Å². The normalized spacial score (nSPS) is 24.8. The first-order valence-electron chi connectivity index (χ1n) is 12.2. The van der Waals surface area contributed by atoms with Gasteiger partial charge in [0.25, 0.3) is 5.56 Å². The smallest absolute Gasteiger partial charge is 0.301 e. The molecule has 196 valence electrons. The number of ether oxygens (including phenoxy) is 1. The Bertz CT molecular complexity index is 1460. The van der Waals surface area contributed by atoms with E-state index < -0.39 is 29.7 Å². The second kappa shape index (κ2) is 8.42. The minimum Gasteiger partial charge on any atom is -0.480 e. The van der Waals surface area contributed by atoms with Gasteiger partial charge in [-0.1, -0.05) is 11.6 Å². The van der Waals surface area contributed by atoms with E-state index in [0.29, 0.717) is 65.7 Å². The molecule has 3 aromatic rings. The lowest BCUT2D eigenvalue weighted by Gasteiger charge is -2.25. The van der Waals surface area contributed by atoms with Crippen LogP contribution >= 0.6 is 11.6 Å². The highest BCUT2D eigenvalue weighted by Crippen LogP contribution is 2.45. The number of rotatable bonds is 4. The molecule has 1 saturated carbocycles. The third-order valence-corrected chi connectivity index (χ3v) is 7.62. The molecule has 4 heterocycles. The van der Waals surface area contributed by atoms with Crippen molar-refractivity contribution in [2.45, 2.75) is 43.8 Å². The van der Waals surface area contributed by atoms with E-state index >= 15 is 0 Å². The van der Waals surface area contributed by atoms with Crippen LogP contribution in [0.15, 0.2) is 29.2 Å². The molecule has 2 aromatic heterocycles.